The fourth-order valence-corrected chi connectivity index (χ4v) is 2.33. The van der Waals surface area contributed by atoms with Crippen LogP contribution in [0.25, 0.3) is 10.9 Å². The molecule has 90 valence electrons. The average molecular weight is 257 g/mol. The molecular weight excluding hydrogens is 246 g/mol. The van der Waals surface area contributed by atoms with E-state index in [0.29, 0.717) is 12.1 Å². The summed E-state index contributed by atoms with van der Waals surface area (Å²) in [4.78, 5) is 20.1. The number of nitrogens with zero attached hydrogens (tertiary/aromatic N) is 1. The molecule has 3 aromatic rings. The third kappa shape index (κ3) is 2.12. The number of thiazole rings is 1. The molecule has 0 fully saturated rings. The maximum atomic E-state index is 12.0. The summed E-state index contributed by atoms with van der Waals surface area (Å²) in [7, 11) is 0. The number of aromatic amines is 1. The number of benzene rings is 1. The Bertz CT molecular complexity index is 672. The Balaban J connectivity index is 1.75. The maximum Gasteiger partial charge on any atom is 0.251 e. The number of rotatable bonds is 3. The summed E-state index contributed by atoms with van der Waals surface area (Å²) in [6.07, 6.45) is 3.63. The van der Waals surface area contributed by atoms with E-state index in [2.05, 4.69) is 15.3 Å². The molecule has 0 saturated heterocycles. The second-order valence-corrected chi connectivity index (χ2v) is 4.90. The molecule has 0 unspecified atom stereocenters. The van der Waals surface area contributed by atoms with E-state index in [0.717, 1.165) is 15.8 Å². The van der Waals surface area contributed by atoms with Gasteiger partial charge >= 0.3 is 0 Å². The van der Waals surface area contributed by atoms with Crippen LogP contribution in [-0.2, 0) is 6.54 Å². The van der Waals surface area contributed by atoms with Gasteiger partial charge in [-0.2, -0.15) is 0 Å². The Morgan fingerprint density at radius 1 is 1.39 bits per heavy atom. The fourth-order valence-electron chi connectivity index (χ4n) is 1.79. The monoisotopic (exact) mass is 257 g/mol. The van der Waals surface area contributed by atoms with Crippen molar-refractivity contribution in [2.45, 2.75) is 6.54 Å². The largest absolute Gasteiger partial charge is 0.361 e. The van der Waals surface area contributed by atoms with Crippen molar-refractivity contribution in [1.29, 1.82) is 0 Å². The normalized spacial score (nSPS) is 10.7. The summed E-state index contributed by atoms with van der Waals surface area (Å²) < 4.78 is 0. The van der Waals surface area contributed by atoms with Crippen molar-refractivity contribution >= 4 is 28.1 Å². The van der Waals surface area contributed by atoms with Gasteiger partial charge < -0.3 is 10.3 Å². The molecule has 5 heteroatoms. The van der Waals surface area contributed by atoms with Crippen molar-refractivity contribution in [2.75, 3.05) is 0 Å². The van der Waals surface area contributed by atoms with Crippen LogP contribution < -0.4 is 5.32 Å². The van der Waals surface area contributed by atoms with Gasteiger partial charge in [0.05, 0.1) is 12.1 Å². The van der Waals surface area contributed by atoms with Gasteiger partial charge in [0.25, 0.3) is 5.91 Å². The molecule has 0 spiro atoms. The predicted molar refractivity (Wildman–Crippen MR) is 71.6 cm³/mol. The predicted octanol–water partition coefficient (Wildman–Crippen LogP) is 2.55. The van der Waals surface area contributed by atoms with E-state index < -0.39 is 0 Å². The summed E-state index contributed by atoms with van der Waals surface area (Å²) >= 11 is 1.53. The van der Waals surface area contributed by atoms with E-state index in [1.165, 1.54) is 11.3 Å². The van der Waals surface area contributed by atoms with Crippen LogP contribution in [-0.4, -0.2) is 15.9 Å². The molecule has 0 bridgehead atoms. The smallest absolute Gasteiger partial charge is 0.251 e. The number of carbonyl (C=O) groups is 1. The SMILES string of the molecule is O=C(NCc1cncs1)c1ccc2[nH]ccc2c1. The second-order valence-electron chi connectivity index (χ2n) is 3.93. The molecule has 1 aromatic carbocycles. The number of nitrogens with one attached hydrogen (secondary N) is 2. The number of amides is 1. The van der Waals surface area contributed by atoms with Gasteiger partial charge in [0, 0.05) is 33.7 Å². The topological polar surface area (TPSA) is 57.8 Å². The first-order valence-electron chi connectivity index (χ1n) is 5.55. The van der Waals surface area contributed by atoms with Gasteiger partial charge in [0.15, 0.2) is 0 Å². The minimum absolute atomic E-state index is 0.0634. The van der Waals surface area contributed by atoms with Gasteiger partial charge in [-0.3, -0.25) is 9.78 Å². The first-order chi connectivity index (χ1) is 8.83. The molecule has 0 aliphatic carbocycles. The fraction of sp³-hybridized carbons (Fsp3) is 0.0769. The summed E-state index contributed by atoms with van der Waals surface area (Å²) in [6.45, 7) is 0.522. The van der Waals surface area contributed by atoms with Crippen LogP contribution >= 0.6 is 11.3 Å². The number of carbonyl (C=O) groups excluding carboxylic acids is 1. The highest BCUT2D eigenvalue weighted by atomic mass is 32.1. The summed E-state index contributed by atoms with van der Waals surface area (Å²) in [6, 6.07) is 7.57. The summed E-state index contributed by atoms with van der Waals surface area (Å²) in [5, 5.41) is 3.92. The van der Waals surface area contributed by atoms with Crippen LogP contribution in [0.2, 0.25) is 0 Å². The number of H-pyrrole nitrogens is 1. The van der Waals surface area contributed by atoms with Crippen molar-refractivity contribution in [2.24, 2.45) is 0 Å². The third-order valence-corrected chi connectivity index (χ3v) is 3.50. The highest BCUT2D eigenvalue weighted by molar-refractivity contribution is 7.09. The molecule has 4 nitrogen and oxygen atoms in total. The first-order valence-corrected chi connectivity index (χ1v) is 6.43. The quantitative estimate of drug-likeness (QED) is 0.757. The lowest BCUT2D eigenvalue weighted by Gasteiger charge is -2.03. The minimum atomic E-state index is -0.0634. The van der Waals surface area contributed by atoms with E-state index in [1.54, 1.807) is 11.7 Å². The molecule has 18 heavy (non-hydrogen) atoms. The lowest BCUT2D eigenvalue weighted by molar-refractivity contribution is 0.0951. The molecule has 0 aliphatic rings. The van der Waals surface area contributed by atoms with Gasteiger partial charge in [-0.05, 0) is 24.3 Å². The highest BCUT2D eigenvalue weighted by Crippen LogP contribution is 2.14. The zero-order chi connectivity index (χ0) is 12.4. The first kappa shape index (κ1) is 11.0. The zero-order valence-corrected chi connectivity index (χ0v) is 10.3. The molecule has 1 amide bonds. The Kier molecular flexibility index (Phi) is 2.82. The van der Waals surface area contributed by atoms with Crippen molar-refractivity contribution in [3.8, 4) is 0 Å². The van der Waals surface area contributed by atoms with Gasteiger partial charge in [-0.25, -0.2) is 0 Å². The second kappa shape index (κ2) is 4.62. The molecular formula is C13H11N3OS. The number of fused-ring (bicyclic) bond motifs is 1. The molecule has 0 atom stereocenters. The molecule has 0 radical (unpaired) electrons. The maximum absolute atomic E-state index is 12.0. The van der Waals surface area contributed by atoms with Gasteiger partial charge in [0.1, 0.15) is 0 Å². The number of hydrogen-bond acceptors (Lipinski definition) is 3. The van der Waals surface area contributed by atoms with Gasteiger partial charge in [0.2, 0.25) is 0 Å². The zero-order valence-electron chi connectivity index (χ0n) is 9.51. The molecule has 2 heterocycles. The number of hydrogen-bond donors (Lipinski definition) is 2. The lowest BCUT2D eigenvalue weighted by atomic mass is 10.1. The van der Waals surface area contributed by atoms with E-state index in [-0.39, 0.29) is 5.91 Å². The van der Waals surface area contributed by atoms with Crippen LogP contribution in [0.15, 0.2) is 42.2 Å². The Morgan fingerprint density at radius 3 is 3.17 bits per heavy atom. The van der Waals surface area contributed by atoms with Crippen LogP contribution in [0.1, 0.15) is 15.2 Å². The average Bonchev–Trinajstić information content (AvgIpc) is 3.05. The molecule has 3 rings (SSSR count). The van der Waals surface area contributed by atoms with Crippen LogP contribution in [0.4, 0.5) is 0 Å². The standard InChI is InChI=1S/C13H11N3OS/c17-13(16-7-11-6-14-8-18-11)10-1-2-12-9(5-10)3-4-15-12/h1-6,8,15H,7H2,(H,16,17). The van der Waals surface area contributed by atoms with E-state index in [1.807, 2.05) is 30.5 Å². The Labute approximate surface area is 108 Å². The van der Waals surface area contributed by atoms with E-state index in [9.17, 15) is 4.79 Å². The van der Waals surface area contributed by atoms with Crippen LogP contribution in [0.3, 0.4) is 0 Å². The van der Waals surface area contributed by atoms with Crippen molar-refractivity contribution in [3.63, 3.8) is 0 Å². The van der Waals surface area contributed by atoms with Gasteiger partial charge in [-0.15, -0.1) is 11.3 Å². The van der Waals surface area contributed by atoms with Crippen LogP contribution in [0.5, 0.6) is 0 Å². The van der Waals surface area contributed by atoms with Crippen molar-refractivity contribution in [1.82, 2.24) is 15.3 Å². The van der Waals surface area contributed by atoms with Crippen molar-refractivity contribution < 1.29 is 4.79 Å². The molecule has 2 aromatic heterocycles. The van der Waals surface area contributed by atoms with Gasteiger partial charge in [-0.1, -0.05) is 0 Å². The molecule has 0 saturated carbocycles. The summed E-state index contributed by atoms with van der Waals surface area (Å²) in [5.41, 5.74) is 3.47. The Morgan fingerprint density at radius 2 is 2.33 bits per heavy atom. The highest BCUT2D eigenvalue weighted by Gasteiger charge is 2.06. The third-order valence-electron chi connectivity index (χ3n) is 2.72. The minimum Gasteiger partial charge on any atom is -0.361 e. The van der Waals surface area contributed by atoms with Crippen LogP contribution in [0, 0.1) is 0 Å². The Hall–Kier alpha value is -2.14. The van der Waals surface area contributed by atoms with E-state index >= 15 is 0 Å². The molecule has 2 N–H and O–H groups in total. The summed E-state index contributed by atoms with van der Waals surface area (Å²) in [5.74, 6) is -0.0634. The molecule has 0 aliphatic heterocycles. The van der Waals surface area contributed by atoms with E-state index in [4.69, 9.17) is 0 Å². The van der Waals surface area contributed by atoms with Crippen molar-refractivity contribution in [3.05, 3.63) is 52.6 Å². The lowest BCUT2D eigenvalue weighted by Crippen LogP contribution is -2.22. The number of aromatic nitrogens is 2.